The van der Waals surface area contributed by atoms with E-state index in [1.165, 1.54) is 28.0 Å². The van der Waals surface area contributed by atoms with E-state index >= 15 is 0 Å². The van der Waals surface area contributed by atoms with E-state index in [0.717, 1.165) is 28.7 Å². The zero-order valence-electron chi connectivity index (χ0n) is 14.3. The summed E-state index contributed by atoms with van der Waals surface area (Å²) in [6, 6.07) is -0.294. The number of nitrogens with one attached hydrogen (secondary N) is 1. The third-order valence-corrected chi connectivity index (χ3v) is 7.35. The van der Waals surface area contributed by atoms with Gasteiger partial charge in [-0.3, -0.25) is 4.79 Å². The van der Waals surface area contributed by atoms with Gasteiger partial charge in [-0.15, -0.1) is 11.3 Å². The largest absolute Gasteiger partial charge is 0.477 e. The molecule has 1 aromatic rings. The van der Waals surface area contributed by atoms with Crippen LogP contribution >= 0.6 is 23.1 Å². The number of nitrogens with zero attached hydrogens (tertiary/aromatic N) is 2. The molecule has 1 unspecified atom stereocenters. The van der Waals surface area contributed by atoms with Crippen LogP contribution in [0, 0.1) is 11.8 Å². The molecule has 9 heteroatoms. The predicted octanol–water partition coefficient (Wildman–Crippen LogP) is 1.38. The molecule has 0 spiro atoms. The maximum Gasteiger partial charge on any atom is 0.353 e. The molecule has 0 aromatic carbocycles. The van der Waals surface area contributed by atoms with Crippen molar-refractivity contribution in [3.63, 3.8) is 0 Å². The molecular formula is C17H19N3O4S2. The number of thioether (sulfide) groups is 1. The Bertz CT molecular complexity index is 845. The summed E-state index contributed by atoms with van der Waals surface area (Å²) in [5.74, 6) is -2.12. The maximum absolute atomic E-state index is 12.4. The Labute approximate surface area is 158 Å². The molecule has 0 saturated carbocycles. The monoisotopic (exact) mass is 393 g/mol. The Hall–Kier alpha value is -1.68. The molecule has 0 aliphatic carbocycles. The zero-order chi connectivity index (χ0) is 18.6. The van der Waals surface area contributed by atoms with Crippen LogP contribution in [0.3, 0.4) is 0 Å². The molecule has 3 aliphatic rings. The smallest absolute Gasteiger partial charge is 0.353 e. The number of aliphatic hydroxyl groups excluding tert-OH is 1. The second-order valence-corrected chi connectivity index (χ2v) is 8.88. The lowest BCUT2D eigenvalue weighted by atomic mass is 9.79. The van der Waals surface area contributed by atoms with Gasteiger partial charge >= 0.3 is 5.97 Å². The number of amides is 1. The fourth-order valence-corrected chi connectivity index (χ4v) is 5.99. The highest BCUT2D eigenvalue weighted by Gasteiger charge is 2.60. The molecule has 3 aliphatic heterocycles. The summed E-state index contributed by atoms with van der Waals surface area (Å²) in [5.41, 5.74) is 2.09. The van der Waals surface area contributed by atoms with E-state index in [1.54, 1.807) is 6.92 Å². The van der Waals surface area contributed by atoms with Crippen LogP contribution in [0.15, 0.2) is 26.4 Å². The SMILES string of the molecule is CC1C(Sc2nc(C3=CCNC3)cs2)=C(C(=O)O)N2C(=O)[C@H]([C@@H](C)O)[C@@H]12. The van der Waals surface area contributed by atoms with Gasteiger partial charge in [-0.1, -0.05) is 24.8 Å². The number of thiazole rings is 1. The Morgan fingerprint density at radius 2 is 2.31 bits per heavy atom. The van der Waals surface area contributed by atoms with Crippen molar-refractivity contribution in [3.05, 3.63) is 27.8 Å². The zero-order valence-corrected chi connectivity index (χ0v) is 15.9. The molecule has 138 valence electrons. The number of β-lactam (4-membered cyclic amide) rings is 1. The molecule has 1 amide bonds. The highest BCUT2D eigenvalue weighted by Crippen LogP contribution is 2.52. The van der Waals surface area contributed by atoms with Gasteiger partial charge < -0.3 is 20.4 Å². The van der Waals surface area contributed by atoms with E-state index in [2.05, 4.69) is 16.4 Å². The first kappa shape index (κ1) is 17.7. The Morgan fingerprint density at radius 1 is 1.54 bits per heavy atom. The third kappa shape index (κ3) is 2.61. The van der Waals surface area contributed by atoms with E-state index in [0.29, 0.717) is 4.91 Å². The number of hydrogen-bond donors (Lipinski definition) is 3. The molecule has 0 bridgehead atoms. The minimum absolute atomic E-state index is 0.0351. The summed E-state index contributed by atoms with van der Waals surface area (Å²) < 4.78 is 0.761. The van der Waals surface area contributed by atoms with Crippen molar-refractivity contribution in [2.24, 2.45) is 11.8 Å². The van der Waals surface area contributed by atoms with Crippen molar-refractivity contribution in [1.29, 1.82) is 0 Å². The lowest BCUT2D eigenvalue weighted by Crippen LogP contribution is -2.63. The number of carbonyl (C=O) groups is 2. The second-order valence-electron chi connectivity index (χ2n) is 6.73. The van der Waals surface area contributed by atoms with Gasteiger partial charge in [0.2, 0.25) is 5.91 Å². The molecular weight excluding hydrogens is 374 g/mol. The lowest BCUT2D eigenvalue weighted by Gasteiger charge is -2.46. The van der Waals surface area contributed by atoms with E-state index in [9.17, 15) is 19.8 Å². The summed E-state index contributed by atoms with van der Waals surface area (Å²) in [5, 5.41) is 24.8. The number of carboxylic acids is 1. The minimum Gasteiger partial charge on any atom is -0.477 e. The van der Waals surface area contributed by atoms with Crippen molar-refractivity contribution in [1.82, 2.24) is 15.2 Å². The van der Waals surface area contributed by atoms with E-state index in [4.69, 9.17) is 0 Å². The standard InChI is InChI=1S/C17H19N3O4S2/c1-7-12-11(8(2)21)15(22)20(12)13(16(23)24)14(7)26-17-19-10(6-25-17)9-3-4-18-5-9/h3,6-8,11-12,18,21H,4-5H2,1-2H3,(H,23,24)/t7?,8-,11-,12-/m1/s1. The molecule has 7 nitrogen and oxygen atoms in total. The molecule has 3 N–H and O–H groups in total. The van der Waals surface area contributed by atoms with Crippen LogP contribution in [0.5, 0.6) is 0 Å². The van der Waals surface area contributed by atoms with Gasteiger partial charge in [0.05, 0.1) is 23.8 Å². The summed E-state index contributed by atoms with van der Waals surface area (Å²) in [4.78, 5) is 30.8. The summed E-state index contributed by atoms with van der Waals surface area (Å²) in [6.07, 6.45) is 1.31. The van der Waals surface area contributed by atoms with Crippen LogP contribution in [-0.2, 0) is 9.59 Å². The average molecular weight is 393 g/mol. The van der Waals surface area contributed by atoms with Gasteiger partial charge in [0, 0.05) is 29.3 Å². The number of aromatic nitrogens is 1. The van der Waals surface area contributed by atoms with Crippen LogP contribution in [-0.4, -0.2) is 57.2 Å². The molecule has 4 atom stereocenters. The summed E-state index contributed by atoms with van der Waals surface area (Å²) in [7, 11) is 0. The fraction of sp³-hybridized carbons (Fsp3) is 0.471. The van der Waals surface area contributed by atoms with Crippen molar-refractivity contribution in [2.75, 3.05) is 13.1 Å². The normalized spacial score (nSPS) is 28.9. The number of carbonyl (C=O) groups excluding carboxylic acids is 1. The predicted molar refractivity (Wildman–Crippen MR) is 98.4 cm³/mol. The van der Waals surface area contributed by atoms with Crippen LogP contribution in [0.1, 0.15) is 19.5 Å². The molecule has 1 saturated heterocycles. The van der Waals surface area contributed by atoms with Crippen molar-refractivity contribution in [2.45, 2.75) is 30.3 Å². The van der Waals surface area contributed by atoms with Gasteiger partial charge in [0.25, 0.3) is 0 Å². The first-order chi connectivity index (χ1) is 12.4. The van der Waals surface area contributed by atoms with Crippen molar-refractivity contribution < 1.29 is 19.8 Å². The van der Waals surface area contributed by atoms with Crippen LogP contribution < -0.4 is 5.32 Å². The van der Waals surface area contributed by atoms with Crippen LogP contribution in [0.4, 0.5) is 0 Å². The molecule has 26 heavy (non-hydrogen) atoms. The number of aliphatic carboxylic acids is 1. The molecule has 0 radical (unpaired) electrons. The number of fused-ring (bicyclic) bond motifs is 1. The molecule has 4 rings (SSSR count). The minimum atomic E-state index is -1.11. The second kappa shape index (κ2) is 6.49. The van der Waals surface area contributed by atoms with Crippen LogP contribution in [0.25, 0.3) is 5.57 Å². The average Bonchev–Trinajstić information content (AvgIpc) is 3.28. The van der Waals surface area contributed by atoms with E-state index < -0.39 is 18.0 Å². The van der Waals surface area contributed by atoms with Crippen molar-refractivity contribution >= 4 is 40.5 Å². The molecule has 4 heterocycles. The third-order valence-electron chi connectivity index (χ3n) is 5.13. The number of rotatable bonds is 5. The number of carboxylic acid groups (broad SMARTS) is 1. The van der Waals surface area contributed by atoms with Gasteiger partial charge in [0.15, 0.2) is 4.34 Å². The quantitative estimate of drug-likeness (QED) is 0.650. The highest BCUT2D eigenvalue weighted by atomic mass is 32.2. The first-order valence-electron chi connectivity index (χ1n) is 8.42. The Morgan fingerprint density at radius 3 is 2.92 bits per heavy atom. The van der Waals surface area contributed by atoms with E-state index in [-0.39, 0.29) is 23.6 Å². The van der Waals surface area contributed by atoms with Gasteiger partial charge in [0.1, 0.15) is 5.70 Å². The van der Waals surface area contributed by atoms with Crippen molar-refractivity contribution in [3.8, 4) is 0 Å². The Kier molecular flexibility index (Phi) is 4.42. The number of hydrogen-bond acceptors (Lipinski definition) is 7. The molecule has 1 aromatic heterocycles. The van der Waals surface area contributed by atoms with Gasteiger partial charge in [-0.05, 0) is 12.5 Å². The maximum atomic E-state index is 12.4. The molecule has 1 fully saturated rings. The van der Waals surface area contributed by atoms with E-state index in [1.807, 2.05) is 12.3 Å². The summed E-state index contributed by atoms with van der Waals surface area (Å²) >= 11 is 2.79. The first-order valence-corrected chi connectivity index (χ1v) is 10.1. The van der Waals surface area contributed by atoms with Gasteiger partial charge in [-0.2, -0.15) is 0 Å². The van der Waals surface area contributed by atoms with Gasteiger partial charge in [-0.25, -0.2) is 9.78 Å². The summed E-state index contributed by atoms with van der Waals surface area (Å²) in [6.45, 7) is 5.11. The topological polar surface area (TPSA) is 103 Å². The number of aliphatic hydroxyl groups is 1. The fourth-order valence-electron chi connectivity index (χ4n) is 3.87. The Balaban J connectivity index is 1.63. The lowest BCUT2D eigenvalue weighted by molar-refractivity contribution is -0.163. The van der Waals surface area contributed by atoms with Crippen LogP contribution in [0.2, 0.25) is 0 Å². The highest BCUT2D eigenvalue weighted by molar-refractivity contribution is 8.04.